The van der Waals surface area contributed by atoms with Crippen LogP contribution in [-0.2, 0) is 11.2 Å². The van der Waals surface area contributed by atoms with Crippen molar-refractivity contribution in [1.29, 1.82) is 0 Å². The van der Waals surface area contributed by atoms with Crippen molar-refractivity contribution in [3.63, 3.8) is 0 Å². The van der Waals surface area contributed by atoms with Crippen LogP contribution in [0.5, 0.6) is 0 Å². The maximum Gasteiger partial charge on any atom is 0.196 e. The third-order valence-corrected chi connectivity index (χ3v) is 7.10. The van der Waals surface area contributed by atoms with Gasteiger partial charge in [-0.15, -0.1) is 0 Å². The molecular weight excluding hydrogens is 508 g/mol. The maximum atomic E-state index is 12.7. The van der Waals surface area contributed by atoms with Gasteiger partial charge in [0.25, 0.3) is 0 Å². The van der Waals surface area contributed by atoms with Crippen LogP contribution in [-0.4, -0.2) is 51.7 Å². The van der Waals surface area contributed by atoms with E-state index in [0.717, 1.165) is 35.1 Å². The summed E-state index contributed by atoms with van der Waals surface area (Å²) in [6.07, 6.45) is 0.510. The second-order valence-electron chi connectivity index (χ2n) is 8.76. The van der Waals surface area contributed by atoms with Gasteiger partial charge in [0.05, 0.1) is 11.1 Å². The molecule has 5 rings (SSSR count). The molecule has 1 aliphatic heterocycles. The van der Waals surface area contributed by atoms with Crippen LogP contribution >= 0.6 is 23.4 Å². The number of ketones is 1. The molecule has 37 heavy (non-hydrogen) atoms. The van der Waals surface area contributed by atoms with Gasteiger partial charge in [-0.1, -0.05) is 35.9 Å². The van der Waals surface area contributed by atoms with Gasteiger partial charge in [0.1, 0.15) is 11.6 Å². The first-order chi connectivity index (χ1) is 18.0. The number of ether oxygens (including phenoxy) is 1. The molecule has 0 bridgehead atoms. The van der Waals surface area contributed by atoms with E-state index in [0.29, 0.717) is 34.0 Å². The molecule has 2 aromatic heterocycles. The zero-order valence-corrected chi connectivity index (χ0v) is 22.1. The lowest BCUT2D eigenvalue weighted by Crippen LogP contribution is -2.52. The van der Waals surface area contributed by atoms with Gasteiger partial charge in [-0.25, -0.2) is 9.97 Å². The summed E-state index contributed by atoms with van der Waals surface area (Å²) in [5, 5.41) is 11.6. The number of H-pyrrole nitrogens is 1. The number of hydrogen-bond acceptors (Lipinski definition) is 8. The maximum absolute atomic E-state index is 12.7. The van der Waals surface area contributed by atoms with Crippen molar-refractivity contribution in [2.75, 3.05) is 29.9 Å². The summed E-state index contributed by atoms with van der Waals surface area (Å²) < 4.78 is 5.71. The quantitative estimate of drug-likeness (QED) is 0.197. The van der Waals surface area contributed by atoms with Gasteiger partial charge >= 0.3 is 0 Å². The lowest BCUT2D eigenvalue weighted by molar-refractivity contribution is 0.0426. The number of carbonyl (C=O) groups excluding carboxylic acids is 1. The van der Waals surface area contributed by atoms with E-state index in [1.807, 2.05) is 62.4 Å². The molecular formula is C27H27ClN6O2S. The number of anilines is 3. The van der Waals surface area contributed by atoms with Crippen LogP contribution in [0.1, 0.15) is 28.5 Å². The highest BCUT2D eigenvalue weighted by Crippen LogP contribution is 2.31. The van der Waals surface area contributed by atoms with E-state index in [1.54, 1.807) is 12.1 Å². The zero-order valence-electron chi connectivity index (χ0n) is 20.6. The minimum atomic E-state index is -0.00809. The lowest BCUT2D eigenvalue weighted by Gasteiger charge is -2.39. The van der Waals surface area contributed by atoms with Crippen molar-refractivity contribution in [3.8, 4) is 0 Å². The Hall–Kier alpha value is -3.40. The Morgan fingerprint density at radius 1 is 1.14 bits per heavy atom. The highest BCUT2D eigenvalue weighted by molar-refractivity contribution is 7.99. The summed E-state index contributed by atoms with van der Waals surface area (Å²) >= 11 is 7.65. The summed E-state index contributed by atoms with van der Waals surface area (Å²) in [6, 6.07) is 18.8. The van der Waals surface area contributed by atoms with Crippen molar-refractivity contribution in [1.82, 2.24) is 20.2 Å². The smallest absolute Gasteiger partial charge is 0.196 e. The fraction of sp³-hybridized carbons (Fsp3) is 0.259. The third-order valence-electron chi connectivity index (χ3n) is 5.90. The Balaban J connectivity index is 1.31. The molecule has 8 nitrogen and oxygen atoms in total. The van der Waals surface area contributed by atoms with Crippen molar-refractivity contribution in [3.05, 3.63) is 82.5 Å². The standard InChI is InChI=1S/C27H27ClN6O2S/c1-3-36-19-15-34(16-19)26-14-24(29-25-12-17(2)32-33-25)30-27(31-26)37-20-10-8-18(9-11-20)13-23(35)21-6-4-5-7-22(21)28/h4-12,14,19H,3,13,15-16H2,1-2H3,(H2,29,30,31,32,33). The molecule has 1 aliphatic rings. The number of Topliss-reactive ketones (excluding diaryl/α,β-unsaturated/α-hetero) is 1. The van der Waals surface area contributed by atoms with E-state index in [-0.39, 0.29) is 18.3 Å². The molecule has 0 atom stereocenters. The second kappa shape index (κ2) is 11.3. The molecule has 0 aliphatic carbocycles. The van der Waals surface area contributed by atoms with Crippen molar-refractivity contribution < 1.29 is 9.53 Å². The van der Waals surface area contributed by atoms with Crippen LogP contribution in [0.15, 0.2) is 70.7 Å². The SMILES string of the molecule is CCOC1CN(c2cc(Nc3cc(C)[nH]n3)nc(Sc3ccc(CC(=O)c4ccccc4Cl)cc3)n2)C1. The second-order valence-corrected chi connectivity index (χ2v) is 10.2. The molecule has 190 valence electrons. The number of aromatic amines is 1. The number of aryl methyl sites for hydroxylation is 1. The number of carbonyl (C=O) groups is 1. The molecule has 0 spiro atoms. The topological polar surface area (TPSA) is 96.0 Å². The van der Waals surface area contributed by atoms with Gasteiger partial charge < -0.3 is 15.0 Å². The number of halogens is 1. The number of aromatic nitrogens is 4. The highest BCUT2D eigenvalue weighted by atomic mass is 35.5. The number of nitrogens with zero attached hydrogens (tertiary/aromatic N) is 4. The predicted octanol–water partition coefficient (Wildman–Crippen LogP) is 5.71. The molecule has 0 radical (unpaired) electrons. The molecule has 2 aromatic carbocycles. The van der Waals surface area contributed by atoms with Gasteiger partial charge in [0.15, 0.2) is 16.8 Å². The monoisotopic (exact) mass is 534 g/mol. The fourth-order valence-corrected chi connectivity index (χ4v) is 5.02. The average Bonchev–Trinajstić information content (AvgIpc) is 3.26. The van der Waals surface area contributed by atoms with E-state index >= 15 is 0 Å². The number of rotatable bonds is 10. The van der Waals surface area contributed by atoms with Gasteiger partial charge in [0, 0.05) is 54.4 Å². The molecule has 3 heterocycles. The largest absolute Gasteiger partial charge is 0.375 e. The van der Waals surface area contributed by atoms with Gasteiger partial charge in [-0.3, -0.25) is 9.89 Å². The molecule has 4 aromatic rings. The predicted molar refractivity (Wildman–Crippen MR) is 146 cm³/mol. The van der Waals surface area contributed by atoms with Crippen molar-refractivity contribution in [2.45, 2.75) is 36.4 Å². The fourth-order valence-electron chi connectivity index (χ4n) is 4.01. The third kappa shape index (κ3) is 6.30. The minimum absolute atomic E-state index is 0.00809. The average molecular weight is 535 g/mol. The Labute approximate surface area is 224 Å². The highest BCUT2D eigenvalue weighted by Gasteiger charge is 2.29. The normalized spacial score (nSPS) is 13.4. The van der Waals surface area contributed by atoms with Gasteiger partial charge in [-0.05, 0) is 55.4 Å². The molecule has 2 N–H and O–H groups in total. The first kappa shape index (κ1) is 25.3. The Morgan fingerprint density at radius 2 is 1.92 bits per heavy atom. The summed E-state index contributed by atoms with van der Waals surface area (Å²) in [6.45, 7) is 6.25. The number of benzene rings is 2. The van der Waals surface area contributed by atoms with Crippen LogP contribution in [0, 0.1) is 6.92 Å². The molecule has 10 heteroatoms. The van der Waals surface area contributed by atoms with Crippen LogP contribution in [0.4, 0.5) is 17.5 Å². The van der Waals surface area contributed by atoms with Crippen molar-refractivity contribution >= 4 is 46.6 Å². The summed E-state index contributed by atoms with van der Waals surface area (Å²) in [5.74, 6) is 2.19. The lowest BCUT2D eigenvalue weighted by atomic mass is 10.0. The summed E-state index contributed by atoms with van der Waals surface area (Å²) in [4.78, 5) is 25.3. The van der Waals surface area contributed by atoms with Gasteiger partial charge in [0.2, 0.25) is 0 Å². The van der Waals surface area contributed by atoms with Gasteiger partial charge in [-0.2, -0.15) is 5.10 Å². The van der Waals surface area contributed by atoms with E-state index in [1.165, 1.54) is 11.8 Å². The Morgan fingerprint density at radius 3 is 2.62 bits per heavy atom. The molecule has 0 saturated carbocycles. The first-order valence-corrected chi connectivity index (χ1v) is 13.3. The molecule has 1 fully saturated rings. The van der Waals surface area contributed by atoms with Crippen LogP contribution in [0.25, 0.3) is 0 Å². The summed E-state index contributed by atoms with van der Waals surface area (Å²) in [5.41, 5.74) is 2.42. The molecule has 0 amide bonds. The van der Waals surface area contributed by atoms with E-state index < -0.39 is 0 Å². The zero-order chi connectivity index (χ0) is 25.8. The van der Waals surface area contributed by atoms with Crippen LogP contribution < -0.4 is 10.2 Å². The van der Waals surface area contributed by atoms with E-state index in [4.69, 9.17) is 26.3 Å². The Kier molecular flexibility index (Phi) is 7.73. The number of hydrogen-bond donors (Lipinski definition) is 2. The number of nitrogens with one attached hydrogen (secondary N) is 2. The summed E-state index contributed by atoms with van der Waals surface area (Å²) in [7, 11) is 0. The van der Waals surface area contributed by atoms with Crippen LogP contribution in [0.3, 0.4) is 0 Å². The van der Waals surface area contributed by atoms with E-state index in [9.17, 15) is 4.79 Å². The Bertz CT molecular complexity index is 1390. The van der Waals surface area contributed by atoms with Crippen LogP contribution in [0.2, 0.25) is 5.02 Å². The first-order valence-electron chi connectivity index (χ1n) is 12.1. The molecule has 1 saturated heterocycles. The minimum Gasteiger partial charge on any atom is -0.375 e. The van der Waals surface area contributed by atoms with E-state index in [2.05, 4.69) is 20.4 Å². The van der Waals surface area contributed by atoms with Crippen molar-refractivity contribution in [2.24, 2.45) is 0 Å². The molecule has 0 unspecified atom stereocenters.